The standard InChI is InChI=1S/C8H10O2/c1-9-10-7-8-5-3-2-4-6-8/h2-6H,7H2,1H3. The van der Waals surface area contributed by atoms with E-state index in [1.54, 1.807) is 0 Å². The van der Waals surface area contributed by atoms with Crippen LogP contribution in [0.2, 0.25) is 0 Å². The van der Waals surface area contributed by atoms with Gasteiger partial charge in [-0.1, -0.05) is 30.3 Å². The summed E-state index contributed by atoms with van der Waals surface area (Å²) in [5.41, 5.74) is 1.12. The minimum absolute atomic E-state index is 0.511. The minimum Gasteiger partial charge on any atom is -0.240 e. The number of hydrogen-bond donors (Lipinski definition) is 0. The normalized spacial score (nSPS) is 9.70. The van der Waals surface area contributed by atoms with Crippen LogP contribution < -0.4 is 0 Å². The summed E-state index contributed by atoms with van der Waals surface area (Å²) in [5, 5.41) is 0. The molecule has 2 nitrogen and oxygen atoms in total. The van der Waals surface area contributed by atoms with Crippen molar-refractivity contribution in [2.45, 2.75) is 6.61 Å². The van der Waals surface area contributed by atoms with E-state index in [1.165, 1.54) is 7.11 Å². The third-order valence-electron chi connectivity index (χ3n) is 1.19. The fourth-order valence-electron chi connectivity index (χ4n) is 0.701. The second-order valence-electron chi connectivity index (χ2n) is 1.91. The van der Waals surface area contributed by atoms with Gasteiger partial charge >= 0.3 is 0 Å². The lowest BCUT2D eigenvalue weighted by molar-refractivity contribution is -0.282. The molecular weight excluding hydrogens is 128 g/mol. The Hall–Kier alpha value is -0.860. The van der Waals surface area contributed by atoms with Crippen molar-refractivity contribution in [3.63, 3.8) is 0 Å². The van der Waals surface area contributed by atoms with E-state index in [0.717, 1.165) is 5.56 Å². The summed E-state index contributed by atoms with van der Waals surface area (Å²) in [6.45, 7) is 0.511. The van der Waals surface area contributed by atoms with Gasteiger partial charge in [0.15, 0.2) is 0 Å². The van der Waals surface area contributed by atoms with Crippen molar-refractivity contribution in [1.82, 2.24) is 0 Å². The van der Waals surface area contributed by atoms with Crippen molar-refractivity contribution < 1.29 is 9.78 Å². The van der Waals surface area contributed by atoms with Gasteiger partial charge in [-0.2, -0.15) is 0 Å². The maximum Gasteiger partial charge on any atom is 0.107 e. The molecule has 54 valence electrons. The fraction of sp³-hybridized carbons (Fsp3) is 0.250. The van der Waals surface area contributed by atoms with Crippen molar-refractivity contribution in [1.29, 1.82) is 0 Å². The van der Waals surface area contributed by atoms with Gasteiger partial charge in [-0.25, -0.2) is 9.78 Å². The average molecular weight is 138 g/mol. The van der Waals surface area contributed by atoms with Crippen LogP contribution in [-0.2, 0) is 16.4 Å². The highest BCUT2D eigenvalue weighted by atomic mass is 17.2. The van der Waals surface area contributed by atoms with Gasteiger partial charge in [-0.15, -0.1) is 0 Å². The Bertz CT molecular complexity index is 172. The zero-order chi connectivity index (χ0) is 7.23. The van der Waals surface area contributed by atoms with Gasteiger partial charge < -0.3 is 0 Å². The van der Waals surface area contributed by atoms with E-state index in [9.17, 15) is 0 Å². The van der Waals surface area contributed by atoms with E-state index >= 15 is 0 Å². The van der Waals surface area contributed by atoms with Crippen LogP contribution in [0.4, 0.5) is 0 Å². The summed E-state index contributed by atoms with van der Waals surface area (Å²) < 4.78 is 0. The van der Waals surface area contributed by atoms with E-state index in [-0.39, 0.29) is 0 Å². The molecule has 0 saturated carbocycles. The van der Waals surface area contributed by atoms with Crippen molar-refractivity contribution in [3.05, 3.63) is 35.9 Å². The maximum atomic E-state index is 4.72. The Morgan fingerprint density at radius 2 is 1.90 bits per heavy atom. The van der Waals surface area contributed by atoms with Gasteiger partial charge in [-0.3, -0.25) is 0 Å². The molecule has 0 aliphatic rings. The Morgan fingerprint density at radius 1 is 1.20 bits per heavy atom. The smallest absolute Gasteiger partial charge is 0.107 e. The lowest BCUT2D eigenvalue weighted by Gasteiger charge is -1.97. The molecule has 0 spiro atoms. The molecule has 1 aromatic rings. The van der Waals surface area contributed by atoms with Crippen LogP contribution >= 0.6 is 0 Å². The van der Waals surface area contributed by atoms with E-state index in [2.05, 4.69) is 4.89 Å². The van der Waals surface area contributed by atoms with Crippen molar-refractivity contribution in [2.75, 3.05) is 7.11 Å². The second-order valence-corrected chi connectivity index (χ2v) is 1.91. The van der Waals surface area contributed by atoms with E-state index in [4.69, 9.17) is 4.89 Å². The van der Waals surface area contributed by atoms with Gasteiger partial charge in [-0.05, 0) is 5.56 Å². The largest absolute Gasteiger partial charge is 0.240 e. The summed E-state index contributed by atoms with van der Waals surface area (Å²) >= 11 is 0. The molecule has 2 heteroatoms. The number of rotatable bonds is 3. The van der Waals surface area contributed by atoms with Crippen LogP contribution in [0.15, 0.2) is 30.3 Å². The highest BCUT2D eigenvalue weighted by Crippen LogP contribution is 1.99. The molecule has 0 aromatic heterocycles. The Morgan fingerprint density at radius 3 is 2.50 bits per heavy atom. The molecule has 0 N–H and O–H groups in total. The third kappa shape index (κ3) is 2.17. The van der Waals surface area contributed by atoms with Crippen LogP contribution in [0.1, 0.15) is 5.56 Å². The lowest BCUT2D eigenvalue weighted by atomic mass is 10.2. The molecule has 1 aromatic carbocycles. The molecule has 0 amide bonds. The Balaban J connectivity index is 2.43. The molecule has 0 bridgehead atoms. The van der Waals surface area contributed by atoms with Crippen molar-refractivity contribution >= 4 is 0 Å². The second kappa shape index (κ2) is 4.04. The molecule has 0 saturated heterocycles. The monoisotopic (exact) mass is 138 g/mol. The van der Waals surface area contributed by atoms with Crippen LogP contribution in [0, 0.1) is 0 Å². The van der Waals surface area contributed by atoms with Gasteiger partial charge in [0.25, 0.3) is 0 Å². The molecule has 1 rings (SSSR count). The first kappa shape index (κ1) is 7.25. The first-order valence-electron chi connectivity index (χ1n) is 3.13. The third-order valence-corrected chi connectivity index (χ3v) is 1.19. The predicted octanol–water partition coefficient (Wildman–Crippen LogP) is 1.76. The minimum atomic E-state index is 0.511. The van der Waals surface area contributed by atoms with E-state index in [0.29, 0.717) is 6.61 Å². The predicted molar refractivity (Wildman–Crippen MR) is 38.2 cm³/mol. The summed E-state index contributed by atoms with van der Waals surface area (Å²) in [6, 6.07) is 9.87. The molecule has 0 radical (unpaired) electrons. The maximum absolute atomic E-state index is 4.72. The molecule has 0 heterocycles. The zero-order valence-electron chi connectivity index (χ0n) is 5.91. The SMILES string of the molecule is COOCc1ccccc1. The molecule has 0 aliphatic carbocycles. The molecule has 0 unspecified atom stereocenters. The summed E-state index contributed by atoms with van der Waals surface area (Å²) in [5.74, 6) is 0. The lowest BCUT2D eigenvalue weighted by Crippen LogP contribution is -1.89. The van der Waals surface area contributed by atoms with E-state index in [1.807, 2.05) is 30.3 Å². The molecule has 0 aliphatic heterocycles. The van der Waals surface area contributed by atoms with Gasteiger partial charge in [0.1, 0.15) is 6.61 Å². The summed E-state index contributed by atoms with van der Waals surface area (Å²) in [7, 11) is 1.50. The van der Waals surface area contributed by atoms with E-state index < -0.39 is 0 Å². The van der Waals surface area contributed by atoms with Crippen LogP contribution in [-0.4, -0.2) is 7.11 Å². The Labute approximate surface area is 60.3 Å². The van der Waals surface area contributed by atoms with Gasteiger partial charge in [0.05, 0.1) is 7.11 Å². The average Bonchev–Trinajstić information content (AvgIpc) is 2.03. The fourth-order valence-corrected chi connectivity index (χ4v) is 0.701. The first-order chi connectivity index (χ1) is 4.93. The number of benzene rings is 1. The highest BCUT2D eigenvalue weighted by molar-refractivity contribution is 5.13. The zero-order valence-corrected chi connectivity index (χ0v) is 5.91. The molecular formula is C8H10O2. The highest BCUT2D eigenvalue weighted by Gasteiger charge is 1.87. The van der Waals surface area contributed by atoms with Gasteiger partial charge in [0.2, 0.25) is 0 Å². The number of hydrogen-bond acceptors (Lipinski definition) is 2. The Kier molecular flexibility index (Phi) is 2.93. The molecule has 10 heavy (non-hydrogen) atoms. The van der Waals surface area contributed by atoms with Crippen LogP contribution in [0.3, 0.4) is 0 Å². The van der Waals surface area contributed by atoms with Crippen LogP contribution in [0.5, 0.6) is 0 Å². The van der Waals surface area contributed by atoms with Crippen LogP contribution in [0.25, 0.3) is 0 Å². The van der Waals surface area contributed by atoms with Crippen molar-refractivity contribution in [2.24, 2.45) is 0 Å². The summed E-state index contributed by atoms with van der Waals surface area (Å²) in [4.78, 5) is 9.17. The topological polar surface area (TPSA) is 18.5 Å². The molecule has 0 fully saturated rings. The van der Waals surface area contributed by atoms with Gasteiger partial charge in [0, 0.05) is 0 Å². The summed E-state index contributed by atoms with van der Waals surface area (Å²) in [6.07, 6.45) is 0. The first-order valence-corrected chi connectivity index (χ1v) is 3.13. The van der Waals surface area contributed by atoms with Crippen molar-refractivity contribution in [3.8, 4) is 0 Å². The molecule has 0 atom stereocenters. The quantitative estimate of drug-likeness (QED) is 0.468.